The maximum atomic E-state index is 5.83. The Morgan fingerprint density at radius 2 is 1.42 bits per heavy atom. The molecule has 19 heavy (non-hydrogen) atoms. The molecule has 1 nitrogen and oxygen atoms in total. The number of unbranched alkanes of at least 4 members (excludes halogenated alkanes) is 7. The summed E-state index contributed by atoms with van der Waals surface area (Å²) < 4.78 is 5.66. The van der Waals surface area contributed by atoms with E-state index in [0.717, 1.165) is 11.6 Å². The van der Waals surface area contributed by atoms with Gasteiger partial charge in [0.05, 0.1) is 6.61 Å². The first kappa shape index (κ1) is 16.5. The highest BCUT2D eigenvalue weighted by molar-refractivity contribution is 6.30. The summed E-state index contributed by atoms with van der Waals surface area (Å²) >= 11 is 5.83. The first-order chi connectivity index (χ1) is 9.33. The van der Waals surface area contributed by atoms with Crippen molar-refractivity contribution in [2.24, 2.45) is 0 Å². The standard InChI is InChI=1S/C17H27ClO/c1-2-3-4-5-6-7-8-9-14-19-15-16-10-12-17(18)13-11-16/h10-13H,2-9,14-15H2,1H3. The Balaban J connectivity index is 1.87. The van der Waals surface area contributed by atoms with E-state index in [1.807, 2.05) is 24.3 Å². The van der Waals surface area contributed by atoms with Crippen molar-refractivity contribution in [2.75, 3.05) is 6.61 Å². The molecule has 1 aromatic rings. The predicted octanol–water partition coefficient (Wildman–Crippen LogP) is 6.00. The monoisotopic (exact) mass is 282 g/mol. The smallest absolute Gasteiger partial charge is 0.0716 e. The number of ether oxygens (including phenoxy) is 1. The van der Waals surface area contributed by atoms with Gasteiger partial charge in [-0.05, 0) is 24.1 Å². The summed E-state index contributed by atoms with van der Waals surface area (Å²) in [6.45, 7) is 3.84. The molecule has 0 fully saturated rings. The van der Waals surface area contributed by atoms with Crippen LogP contribution in [0.3, 0.4) is 0 Å². The predicted molar refractivity (Wildman–Crippen MR) is 83.7 cm³/mol. The molecule has 0 bridgehead atoms. The van der Waals surface area contributed by atoms with Gasteiger partial charge in [-0.3, -0.25) is 0 Å². The van der Waals surface area contributed by atoms with E-state index in [4.69, 9.17) is 16.3 Å². The van der Waals surface area contributed by atoms with Crippen molar-refractivity contribution in [3.63, 3.8) is 0 Å². The highest BCUT2D eigenvalue weighted by Gasteiger charge is 1.95. The van der Waals surface area contributed by atoms with E-state index in [2.05, 4.69) is 6.92 Å². The third kappa shape index (κ3) is 9.07. The van der Waals surface area contributed by atoms with Crippen molar-refractivity contribution in [3.8, 4) is 0 Å². The van der Waals surface area contributed by atoms with Gasteiger partial charge >= 0.3 is 0 Å². The summed E-state index contributed by atoms with van der Waals surface area (Å²) in [6, 6.07) is 7.87. The molecule has 0 saturated carbocycles. The molecule has 0 amide bonds. The zero-order valence-electron chi connectivity index (χ0n) is 12.2. The molecule has 1 rings (SSSR count). The third-order valence-electron chi connectivity index (χ3n) is 3.32. The van der Waals surface area contributed by atoms with Gasteiger partial charge < -0.3 is 4.74 Å². The van der Waals surface area contributed by atoms with Crippen LogP contribution in [0.4, 0.5) is 0 Å². The minimum absolute atomic E-state index is 0.702. The van der Waals surface area contributed by atoms with Gasteiger partial charge in [0, 0.05) is 11.6 Å². The Kier molecular flexibility index (Phi) is 9.84. The summed E-state index contributed by atoms with van der Waals surface area (Å²) in [5.74, 6) is 0. The molecule has 0 unspecified atom stereocenters. The molecule has 0 aliphatic heterocycles. The Labute approximate surface area is 123 Å². The average Bonchev–Trinajstić information content (AvgIpc) is 2.43. The Morgan fingerprint density at radius 3 is 2.05 bits per heavy atom. The number of rotatable bonds is 11. The van der Waals surface area contributed by atoms with Gasteiger partial charge in [-0.1, -0.05) is 75.6 Å². The van der Waals surface area contributed by atoms with Crippen LogP contribution < -0.4 is 0 Å². The Hall–Kier alpha value is -0.530. The highest BCUT2D eigenvalue weighted by Crippen LogP contribution is 2.11. The molecule has 0 aliphatic carbocycles. The number of hydrogen-bond donors (Lipinski definition) is 0. The average molecular weight is 283 g/mol. The second kappa shape index (κ2) is 11.3. The number of halogens is 1. The van der Waals surface area contributed by atoms with Gasteiger partial charge in [-0.2, -0.15) is 0 Å². The minimum Gasteiger partial charge on any atom is -0.377 e. The van der Waals surface area contributed by atoms with Crippen LogP contribution >= 0.6 is 11.6 Å². The second-order valence-corrected chi connectivity index (χ2v) is 5.59. The van der Waals surface area contributed by atoms with Gasteiger partial charge in [0.2, 0.25) is 0 Å². The molecule has 2 heteroatoms. The van der Waals surface area contributed by atoms with E-state index < -0.39 is 0 Å². The van der Waals surface area contributed by atoms with Crippen LogP contribution in [-0.4, -0.2) is 6.61 Å². The lowest BCUT2D eigenvalue weighted by Gasteiger charge is -2.05. The molecule has 108 valence electrons. The summed E-state index contributed by atoms with van der Waals surface area (Å²) in [4.78, 5) is 0. The summed E-state index contributed by atoms with van der Waals surface area (Å²) in [5.41, 5.74) is 1.20. The third-order valence-corrected chi connectivity index (χ3v) is 3.58. The second-order valence-electron chi connectivity index (χ2n) is 5.15. The Bertz CT molecular complexity index is 308. The molecule has 0 atom stereocenters. The molecule has 1 aromatic carbocycles. The first-order valence-corrected chi connectivity index (χ1v) is 8.03. The lowest BCUT2D eigenvalue weighted by Crippen LogP contribution is -1.95. The van der Waals surface area contributed by atoms with E-state index in [1.54, 1.807) is 0 Å². The normalized spacial score (nSPS) is 10.8. The molecule has 0 aromatic heterocycles. The fourth-order valence-corrected chi connectivity index (χ4v) is 2.23. The molecular weight excluding hydrogens is 256 g/mol. The van der Waals surface area contributed by atoms with E-state index in [9.17, 15) is 0 Å². The van der Waals surface area contributed by atoms with E-state index in [1.165, 1.54) is 56.9 Å². The topological polar surface area (TPSA) is 9.23 Å². The molecule has 0 radical (unpaired) electrons. The molecule has 0 aliphatic rings. The van der Waals surface area contributed by atoms with Crippen molar-refractivity contribution in [2.45, 2.75) is 64.9 Å². The van der Waals surface area contributed by atoms with E-state index in [-0.39, 0.29) is 0 Å². The van der Waals surface area contributed by atoms with Gasteiger partial charge in [-0.15, -0.1) is 0 Å². The fourth-order valence-electron chi connectivity index (χ4n) is 2.11. The van der Waals surface area contributed by atoms with Crippen LogP contribution in [0.1, 0.15) is 63.9 Å². The molecular formula is C17H27ClO. The number of hydrogen-bond acceptors (Lipinski definition) is 1. The lowest BCUT2D eigenvalue weighted by molar-refractivity contribution is 0.116. The van der Waals surface area contributed by atoms with Gasteiger partial charge in [0.25, 0.3) is 0 Å². The Morgan fingerprint density at radius 1 is 0.842 bits per heavy atom. The van der Waals surface area contributed by atoms with Gasteiger partial charge in [0.1, 0.15) is 0 Å². The maximum absolute atomic E-state index is 5.83. The first-order valence-electron chi connectivity index (χ1n) is 7.65. The highest BCUT2D eigenvalue weighted by atomic mass is 35.5. The molecule has 0 saturated heterocycles. The van der Waals surface area contributed by atoms with E-state index >= 15 is 0 Å². The van der Waals surface area contributed by atoms with Crippen LogP contribution in [0.25, 0.3) is 0 Å². The van der Waals surface area contributed by atoms with Crippen LogP contribution in [0.15, 0.2) is 24.3 Å². The van der Waals surface area contributed by atoms with Gasteiger partial charge in [0.15, 0.2) is 0 Å². The molecule has 0 spiro atoms. The van der Waals surface area contributed by atoms with Crippen molar-refractivity contribution in [3.05, 3.63) is 34.9 Å². The summed E-state index contributed by atoms with van der Waals surface area (Å²) in [6.07, 6.45) is 10.8. The zero-order chi connectivity index (χ0) is 13.8. The molecule has 0 N–H and O–H groups in total. The lowest BCUT2D eigenvalue weighted by atomic mass is 10.1. The SMILES string of the molecule is CCCCCCCCCCOCc1ccc(Cl)cc1. The van der Waals surface area contributed by atoms with Crippen LogP contribution in [0, 0.1) is 0 Å². The summed E-state index contributed by atoms with van der Waals surface area (Å²) in [5, 5.41) is 0.784. The van der Waals surface area contributed by atoms with Crippen LogP contribution in [-0.2, 0) is 11.3 Å². The summed E-state index contributed by atoms with van der Waals surface area (Å²) in [7, 11) is 0. The molecule has 0 heterocycles. The largest absolute Gasteiger partial charge is 0.377 e. The van der Waals surface area contributed by atoms with Crippen molar-refractivity contribution in [1.29, 1.82) is 0 Å². The van der Waals surface area contributed by atoms with Crippen molar-refractivity contribution >= 4 is 11.6 Å². The number of benzene rings is 1. The van der Waals surface area contributed by atoms with E-state index in [0.29, 0.717) is 6.61 Å². The van der Waals surface area contributed by atoms with Crippen molar-refractivity contribution in [1.82, 2.24) is 0 Å². The maximum Gasteiger partial charge on any atom is 0.0716 e. The fraction of sp³-hybridized carbons (Fsp3) is 0.647. The van der Waals surface area contributed by atoms with Crippen molar-refractivity contribution < 1.29 is 4.74 Å². The zero-order valence-corrected chi connectivity index (χ0v) is 12.9. The minimum atomic E-state index is 0.702. The van der Waals surface area contributed by atoms with Crippen LogP contribution in [0.5, 0.6) is 0 Å². The quantitative estimate of drug-likeness (QED) is 0.452. The van der Waals surface area contributed by atoms with Crippen LogP contribution in [0.2, 0.25) is 5.02 Å². The van der Waals surface area contributed by atoms with Gasteiger partial charge in [-0.25, -0.2) is 0 Å².